The molecule has 0 bridgehead atoms. The van der Waals surface area contributed by atoms with E-state index < -0.39 is 27.3 Å². The number of nitrogens with one attached hydrogen (secondary N) is 1. The van der Waals surface area contributed by atoms with Crippen LogP contribution in [0.5, 0.6) is 0 Å². The average Bonchev–Trinajstić information content (AvgIpc) is 2.25. The van der Waals surface area contributed by atoms with Crippen molar-refractivity contribution in [3.05, 3.63) is 35.1 Å². The number of benzene rings is 1. The molecule has 1 aromatic carbocycles. The van der Waals surface area contributed by atoms with Crippen LogP contribution in [0.4, 0.5) is 4.39 Å². The fraction of sp³-hybridized carbons (Fsp3) is 0.364. The Bertz CT molecular complexity index is 543. The van der Waals surface area contributed by atoms with Crippen molar-refractivity contribution in [2.75, 3.05) is 12.0 Å². The van der Waals surface area contributed by atoms with E-state index in [4.69, 9.17) is 5.73 Å². The van der Waals surface area contributed by atoms with E-state index in [-0.39, 0.29) is 18.7 Å². The van der Waals surface area contributed by atoms with Gasteiger partial charge in [0.25, 0.3) is 0 Å². The summed E-state index contributed by atoms with van der Waals surface area (Å²) in [6, 6.07) is 4.46. The fourth-order valence-corrected chi connectivity index (χ4v) is 1.92. The number of halogens is 1. The third-order valence-corrected chi connectivity index (χ3v) is 3.01. The number of nitrogens with two attached hydrogens (primary N) is 1. The maximum Gasteiger partial charge on any atom is 0.235 e. The molecule has 3 N–H and O–H groups in total. The van der Waals surface area contributed by atoms with Crippen molar-refractivity contribution in [2.24, 2.45) is 5.73 Å². The lowest BCUT2D eigenvalue weighted by molar-refractivity contribution is -0.118. The maximum absolute atomic E-state index is 13.5. The Balaban J connectivity index is 2.61. The quantitative estimate of drug-likeness (QED) is 0.787. The summed E-state index contributed by atoms with van der Waals surface area (Å²) in [7, 11) is -3.37. The molecule has 0 radical (unpaired) electrons. The minimum absolute atomic E-state index is 0.0506. The van der Waals surface area contributed by atoms with Crippen LogP contribution >= 0.6 is 0 Å². The number of sulfone groups is 1. The SMILES string of the molecule is CS(=O)(=O)CC(=O)NCc1ccc(CN)cc1F. The first-order valence-corrected chi connectivity index (χ1v) is 7.29. The summed E-state index contributed by atoms with van der Waals surface area (Å²) < 4.78 is 35.2. The van der Waals surface area contributed by atoms with Gasteiger partial charge in [-0.3, -0.25) is 4.79 Å². The van der Waals surface area contributed by atoms with Crippen LogP contribution in [0.2, 0.25) is 0 Å². The highest BCUT2D eigenvalue weighted by molar-refractivity contribution is 7.91. The summed E-state index contributed by atoms with van der Waals surface area (Å²) in [6.07, 6.45) is 0.962. The number of carbonyl (C=O) groups excluding carboxylic acids is 1. The molecule has 0 atom stereocenters. The number of carbonyl (C=O) groups is 1. The molecule has 0 spiro atoms. The zero-order chi connectivity index (χ0) is 13.8. The van der Waals surface area contributed by atoms with Gasteiger partial charge in [-0.2, -0.15) is 0 Å². The topological polar surface area (TPSA) is 89.3 Å². The Morgan fingerprint density at radius 1 is 1.44 bits per heavy atom. The monoisotopic (exact) mass is 274 g/mol. The summed E-state index contributed by atoms with van der Waals surface area (Å²) in [5, 5.41) is 2.34. The molecule has 0 saturated heterocycles. The van der Waals surface area contributed by atoms with Crippen LogP contribution in [0, 0.1) is 5.82 Å². The largest absolute Gasteiger partial charge is 0.351 e. The molecule has 5 nitrogen and oxygen atoms in total. The van der Waals surface area contributed by atoms with Gasteiger partial charge in [0.1, 0.15) is 11.6 Å². The predicted molar refractivity (Wildman–Crippen MR) is 65.8 cm³/mol. The lowest BCUT2D eigenvalue weighted by atomic mass is 10.1. The molecular weight excluding hydrogens is 259 g/mol. The zero-order valence-corrected chi connectivity index (χ0v) is 10.8. The van der Waals surface area contributed by atoms with Crippen molar-refractivity contribution in [2.45, 2.75) is 13.1 Å². The van der Waals surface area contributed by atoms with Crippen molar-refractivity contribution < 1.29 is 17.6 Å². The highest BCUT2D eigenvalue weighted by atomic mass is 32.2. The average molecular weight is 274 g/mol. The highest BCUT2D eigenvalue weighted by Crippen LogP contribution is 2.09. The van der Waals surface area contributed by atoms with Gasteiger partial charge in [-0.25, -0.2) is 12.8 Å². The lowest BCUT2D eigenvalue weighted by Crippen LogP contribution is -2.29. The van der Waals surface area contributed by atoms with Crippen LogP contribution in [-0.2, 0) is 27.7 Å². The minimum Gasteiger partial charge on any atom is -0.351 e. The van der Waals surface area contributed by atoms with Crippen molar-refractivity contribution in [3.8, 4) is 0 Å². The van der Waals surface area contributed by atoms with E-state index in [9.17, 15) is 17.6 Å². The molecule has 0 aliphatic carbocycles. The minimum atomic E-state index is -3.37. The van der Waals surface area contributed by atoms with Gasteiger partial charge < -0.3 is 11.1 Å². The first-order chi connectivity index (χ1) is 8.31. The van der Waals surface area contributed by atoms with E-state index in [0.29, 0.717) is 5.56 Å². The van der Waals surface area contributed by atoms with Gasteiger partial charge >= 0.3 is 0 Å². The summed E-state index contributed by atoms with van der Waals surface area (Å²) in [5.41, 5.74) is 6.30. The number of rotatable bonds is 5. The molecule has 1 aromatic rings. The third-order valence-electron chi connectivity index (χ3n) is 2.22. The second-order valence-electron chi connectivity index (χ2n) is 3.98. The highest BCUT2D eigenvalue weighted by Gasteiger charge is 2.11. The number of amides is 1. The molecule has 0 saturated carbocycles. The van der Waals surface area contributed by atoms with Gasteiger partial charge in [0.05, 0.1) is 0 Å². The second kappa shape index (κ2) is 5.92. The van der Waals surface area contributed by atoms with Crippen molar-refractivity contribution in [3.63, 3.8) is 0 Å². The van der Waals surface area contributed by atoms with E-state index in [1.165, 1.54) is 12.1 Å². The summed E-state index contributed by atoms with van der Waals surface area (Å²) >= 11 is 0. The fourth-order valence-electron chi connectivity index (χ4n) is 1.34. The molecule has 1 amide bonds. The molecule has 0 fully saturated rings. The Morgan fingerprint density at radius 2 is 2.11 bits per heavy atom. The lowest BCUT2D eigenvalue weighted by Gasteiger charge is -2.07. The molecule has 7 heteroatoms. The van der Waals surface area contributed by atoms with Crippen molar-refractivity contribution in [1.82, 2.24) is 5.32 Å². The number of hydrogen-bond acceptors (Lipinski definition) is 4. The molecular formula is C11H15FN2O3S. The van der Waals surface area contributed by atoms with Crippen LogP contribution in [0.25, 0.3) is 0 Å². The molecule has 0 unspecified atom stereocenters. The second-order valence-corrected chi connectivity index (χ2v) is 6.12. The Kier molecular flexibility index (Phi) is 4.80. The van der Waals surface area contributed by atoms with E-state index in [1.807, 2.05) is 0 Å². The van der Waals surface area contributed by atoms with Gasteiger partial charge in [0.2, 0.25) is 5.91 Å². The normalized spacial score (nSPS) is 11.3. The molecule has 0 aromatic heterocycles. The summed E-state index contributed by atoms with van der Waals surface area (Å²) in [6.45, 7) is 0.183. The summed E-state index contributed by atoms with van der Waals surface area (Å²) in [5.74, 6) is -1.73. The zero-order valence-electron chi connectivity index (χ0n) is 9.94. The van der Waals surface area contributed by atoms with E-state index in [1.54, 1.807) is 6.07 Å². The Morgan fingerprint density at radius 3 is 2.61 bits per heavy atom. The van der Waals surface area contributed by atoms with Crippen LogP contribution in [0.3, 0.4) is 0 Å². The summed E-state index contributed by atoms with van der Waals surface area (Å²) in [4.78, 5) is 11.2. The predicted octanol–water partition coefficient (Wildman–Crippen LogP) is -0.0548. The van der Waals surface area contributed by atoms with Gasteiger partial charge in [-0.05, 0) is 11.6 Å². The third kappa shape index (κ3) is 4.80. The first-order valence-electron chi connectivity index (χ1n) is 5.23. The van der Waals surface area contributed by atoms with Gasteiger partial charge in [-0.1, -0.05) is 12.1 Å². The van der Waals surface area contributed by atoms with Gasteiger partial charge in [-0.15, -0.1) is 0 Å². The maximum atomic E-state index is 13.5. The van der Waals surface area contributed by atoms with E-state index >= 15 is 0 Å². The van der Waals surface area contributed by atoms with Crippen molar-refractivity contribution >= 4 is 15.7 Å². The van der Waals surface area contributed by atoms with Crippen LogP contribution in [0.15, 0.2) is 18.2 Å². The molecule has 1 rings (SSSR count). The Hall–Kier alpha value is -1.47. The van der Waals surface area contributed by atoms with Crippen molar-refractivity contribution in [1.29, 1.82) is 0 Å². The molecule has 18 heavy (non-hydrogen) atoms. The molecule has 0 aliphatic heterocycles. The van der Waals surface area contributed by atoms with E-state index in [0.717, 1.165) is 6.26 Å². The van der Waals surface area contributed by atoms with Gasteiger partial charge in [0.15, 0.2) is 9.84 Å². The molecule has 0 heterocycles. The van der Waals surface area contributed by atoms with Crippen LogP contribution in [0.1, 0.15) is 11.1 Å². The Labute approximate surface area is 105 Å². The molecule has 0 aliphatic rings. The van der Waals surface area contributed by atoms with E-state index in [2.05, 4.69) is 5.32 Å². The standard InChI is InChI=1S/C11H15FN2O3S/c1-18(16,17)7-11(15)14-6-9-3-2-8(5-13)4-10(9)12/h2-4H,5-7,13H2,1H3,(H,14,15). The number of hydrogen-bond donors (Lipinski definition) is 2. The van der Waals surface area contributed by atoms with Crippen LogP contribution < -0.4 is 11.1 Å². The van der Waals surface area contributed by atoms with Gasteiger partial charge in [0, 0.05) is 24.9 Å². The smallest absolute Gasteiger partial charge is 0.235 e. The van der Waals surface area contributed by atoms with Crippen LogP contribution in [-0.4, -0.2) is 26.3 Å². The first kappa shape index (κ1) is 14.6. The molecule has 100 valence electrons.